The minimum Gasteiger partial charge on any atom is -0.491 e. The standard InChI is InChI=1S/C18H21NO4/c1-18(2,3)23-17(21)19-10-11-22-16-9-8-13(12-20)14-6-4-5-7-15(14)16/h4-9,12H,10-11H2,1-3H3,(H,19,21). The first kappa shape index (κ1) is 16.8. The molecule has 0 spiro atoms. The van der Waals surface area contributed by atoms with E-state index in [0.29, 0.717) is 24.5 Å². The molecule has 2 aromatic carbocycles. The number of fused-ring (bicyclic) bond motifs is 1. The summed E-state index contributed by atoms with van der Waals surface area (Å²) < 4.78 is 10.9. The Morgan fingerprint density at radius 3 is 2.48 bits per heavy atom. The number of alkyl carbamates (subject to hydrolysis) is 1. The van der Waals surface area contributed by atoms with Crippen LogP contribution < -0.4 is 10.1 Å². The van der Waals surface area contributed by atoms with E-state index in [0.717, 1.165) is 17.1 Å². The van der Waals surface area contributed by atoms with Gasteiger partial charge in [0.1, 0.15) is 18.0 Å². The fourth-order valence-corrected chi connectivity index (χ4v) is 2.15. The van der Waals surface area contributed by atoms with Crippen LogP contribution in [0.3, 0.4) is 0 Å². The molecule has 1 N–H and O–H groups in total. The highest BCUT2D eigenvalue weighted by Crippen LogP contribution is 2.27. The molecular weight excluding hydrogens is 294 g/mol. The molecule has 0 aliphatic carbocycles. The smallest absolute Gasteiger partial charge is 0.407 e. The monoisotopic (exact) mass is 315 g/mol. The van der Waals surface area contributed by atoms with Crippen LogP contribution in [-0.2, 0) is 4.74 Å². The van der Waals surface area contributed by atoms with Gasteiger partial charge in [-0.2, -0.15) is 0 Å². The lowest BCUT2D eigenvalue weighted by molar-refractivity contribution is 0.0520. The molecule has 2 rings (SSSR count). The van der Waals surface area contributed by atoms with Gasteiger partial charge in [0.05, 0.1) is 6.54 Å². The minimum atomic E-state index is -0.522. The Hall–Kier alpha value is -2.56. The fraction of sp³-hybridized carbons (Fsp3) is 0.333. The summed E-state index contributed by atoms with van der Waals surface area (Å²) in [6, 6.07) is 11.0. The van der Waals surface area contributed by atoms with E-state index < -0.39 is 11.7 Å². The van der Waals surface area contributed by atoms with Crippen molar-refractivity contribution in [2.75, 3.05) is 13.2 Å². The van der Waals surface area contributed by atoms with E-state index in [2.05, 4.69) is 5.32 Å². The molecule has 0 fully saturated rings. The lowest BCUT2D eigenvalue weighted by Gasteiger charge is -2.19. The van der Waals surface area contributed by atoms with E-state index >= 15 is 0 Å². The number of benzene rings is 2. The summed E-state index contributed by atoms with van der Waals surface area (Å²) in [6.45, 7) is 6.07. The normalized spacial score (nSPS) is 11.1. The Labute approximate surface area is 135 Å². The maximum Gasteiger partial charge on any atom is 0.407 e. The summed E-state index contributed by atoms with van der Waals surface area (Å²) >= 11 is 0. The van der Waals surface area contributed by atoms with Gasteiger partial charge in [-0.25, -0.2) is 4.79 Å². The summed E-state index contributed by atoms with van der Waals surface area (Å²) in [4.78, 5) is 22.6. The largest absolute Gasteiger partial charge is 0.491 e. The summed E-state index contributed by atoms with van der Waals surface area (Å²) in [5, 5.41) is 4.35. The summed E-state index contributed by atoms with van der Waals surface area (Å²) in [6.07, 6.45) is 0.359. The number of carbonyl (C=O) groups is 2. The predicted octanol–water partition coefficient (Wildman–Crippen LogP) is 3.56. The van der Waals surface area contributed by atoms with E-state index in [-0.39, 0.29) is 0 Å². The van der Waals surface area contributed by atoms with Crippen molar-refractivity contribution in [2.45, 2.75) is 26.4 Å². The zero-order valence-corrected chi connectivity index (χ0v) is 13.6. The van der Waals surface area contributed by atoms with Crippen LogP contribution in [0.2, 0.25) is 0 Å². The summed E-state index contributed by atoms with van der Waals surface area (Å²) in [5.74, 6) is 0.678. The second kappa shape index (κ2) is 7.13. The van der Waals surface area contributed by atoms with Gasteiger partial charge < -0.3 is 14.8 Å². The Morgan fingerprint density at radius 1 is 1.13 bits per heavy atom. The SMILES string of the molecule is CC(C)(C)OC(=O)NCCOc1ccc(C=O)c2ccccc12. The first-order valence-electron chi connectivity index (χ1n) is 7.47. The molecule has 23 heavy (non-hydrogen) atoms. The molecule has 0 radical (unpaired) electrons. The highest BCUT2D eigenvalue weighted by molar-refractivity contribution is 6.00. The fourth-order valence-electron chi connectivity index (χ4n) is 2.15. The van der Waals surface area contributed by atoms with E-state index in [4.69, 9.17) is 9.47 Å². The van der Waals surface area contributed by atoms with Gasteiger partial charge in [-0.15, -0.1) is 0 Å². The third-order valence-corrected chi connectivity index (χ3v) is 3.07. The molecule has 0 saturated heterocycles. The van der Waals surface area contributed by atoms with Crippen LogP contribution in [0.15, 0.2) is 36.4 Å². The molecule has 0 aromatic heterocycles. The molecule has 0 aliphatic heterocycles. The molecule has 5 nitrogen and oxygen atoms in total. The van der Waals surface area contributed by atoms with Crippen molar-refractivity contribution < 1.29 is 19.1 Å². The molecule has 0 bridgehead atoms. The molecule has 122 valence electrons. The van der Waals surface area contributed by atoms with Gasteiger partial charge in [0.25, 0.3) is 0 Å². The van der Waals surface area contributed by atoms with Crippen molar-refractivity contribution in [3.8, 4) is 5.75 Å². The zero-order valence-electron chi connectivity index (χ0n) is 13.6. The Balaban J connectivity index is 1.96. The number of hydrogen-bond acceptors (Lipinski definition) is 4. The van der Waals surface area contributed by atoms with Crippen molar-refractivity contribution in [1.82, 2.24) is 5.32 Å². The first-order valence-corrected chi connectivity index (χ1v) is 7.47. The molecule has 0 aliphatic rings. The molecule has 0 heterocycles. The van der Waals surface area contributed by atoms with Gasteiger partial charge in [0.2, 0.25) is 0 Å². The van der Waals surface area contributed by atoms with Gasteiger partial charge in [-0.1, -0.05) is 24.3 Å². The first-order chi connectivity index (χ1) is 10.9. The van der Waals surface area contributed by atoms with Crippen LogP contribution in [0.4, 0.5) is 4.79 Å². The Kier molecular flexibility index (Phi) is 5.21. The topological polar surface area (TPSA) is 64.6 Å². The average molecular weight is 315 g/mol. The molecular formula is C18H21NO4. The van der Waals surface area contributed by atoms with Crippen molar-refractivity contribution in [1.29, 1.82) is 0 Å². The van der Waals surface area contributed by atoms with Crippen LogP contribution in [0.25, 0.3) is 10.8 Å². The van der Waals surface area contributed by atoms with Gasteiger partial charge in [0.15, 0.2) is 6.29 Å². The Morgan fingerprint density at radius 2 is 1.83 bits per heavy atom. The number of carbonyl (C=O) groups excluding carboxylic acids is 2. The van der Waals surface area contributed by atoms with Gasteiger partial charge >= 0.3 is 6.09 Å². The molecule has 1 amide bonds. The van der Waals surface area contributed by atoms with Gasteiger partial charge in [0, 0.05) is 10.9 Å². The Bertz CT molecular complexity index is 704. The molecule has 0 saturated carbocycles. The highest BCUT2D eigenvalue weighted by Gasteiger charge is 2.15. The lowest BCUT2D eigenvalue weighted by Crippen LogP contribution is -2.34. The van der Waals surface area contributed by atoms with Crippen LogP contribution >= 0.6 is 0 Å². The number of nitrogens with one attached hydrogen (secondary N) is 1. The van der Waals surface area contributed by atoms with Crippen LogP contribution in [0.5, 0.6) is 5.75 Å². The number of ether oxygens (including phenoxy) is 2. The lowest BCUT2D eigenvalue weighted by atomic mass is 10.0. The highest BCUT2D eigenvalue weighted by atomic mass is 16.6. The van der Waals surface area contributed by atoms with Crippen molar-refractivity contribution in [3.63, 3.8) is 0 Å². The van der Waals surface area contributed by atoms with E-state index in [9.17, 15) is 9.59 Å². The average Bonchev–Trinajstić information content (AvgIpc) is 2.49. The molecule has 0 unspecified atom stereocenters. The predicted molar refractivity (Wildman–Crippen MR) is 89.1 cm³/mol. The zero-order chi connectivity index (χ0) is 16.9. The van der Waals surface area contributed by atoms with Crippen molar-refractivity contribution >= 4 is 23.2 Å². The second-order valence-electron chi connectivity index (χ2n) is 6.09. The van der Waals surface area contributed by atoms with Crippen LogP contribution in [-0.4, -0.2) is 31.1 Å². The molecule has 5 heteroatoms. The summed E-state index contributed by atoms with van der Waals surface area (Å²) in [5.41, 5.74) is 0.103. The molecule has 2 aromatic rings. The van der Waals surface area contributed by atoms with E-state index in [1.165, 1.54) is 0 Å². The number of amides is 1. The maximum atomic E-state index is 11.5. The van der Waals surface area contributed by atoms with Crippen LogP contribution in [0.1, 0.15) is 31.1 Å². The maximum absolute atomic E-state index is 11.5. The second-order valence-corrected chi connectivity index (χ2v) is 6.09. The molecule has 0 atom stereocenters. The van der Waals surface area contributed by atoms with Crippen LogP contribution in [0, 0.1) is 0 Å². The van der Waals surface area contributed by atoms with E-state index in [1.807, 2.05) is 45.0 Å². The van der Waals surface area contributed by atoms with Crippen molar-refractivity contribution in [2.24, 2.45) is 0 Å². The third kappa shape index (κ3) is 4.71. The van der Waals surface area contributed by atoms with E-state index in [1.54, 1.807) is 12.1 Å². The minimum absolute atomic E-state index is 0.309. The quantitative estimate of drug-likeness (QED) is 0.677. The number of rotatable bonds is 5. The van der Waals surface area contributed by atoms with Crippen molar-refractivity contribution in [3.05, 3.63) is 42.0 Å². The van der Waals surface area contributed by atoms with Gasteiger partial charge in [-0.05, 0) is 38.3 Å². The third-order valence-electron chi connectivity index (χ3n) is 3.07. The number of aldehydes is 1. The number of hydrogen-bond donors (Lipinski definition) is 1. The summed E-state index contributed by atoms with van der Waals surface area (Å²) in [7, 11) is 0. The van der Waals surface area contributed by atoms with Gasteiger partial charge in [-0.3, -0.25) is 4.79 Å².